The summed E-state index contributed by atoms with van der Waals surface area (Å²) in [4.78, 5) is 16.6. The summed E-state index contributed by atoms with van der Waals surface area (Å²) >= 11 is 0. The van der Waals surface area contributed by atoms with Gasteiger partial charge in [0.1, 0.15) is 0 Å². The number of benzene rings is 1. The maximum absolute atomic E-state index is 12.2. The predicted octanol–water partition coefficient (Wildman–Crippen LogP) is 3.92. The Labute approximate surface area is 166 Å². The summed E-state index contributed by atoms with van der Waals surface area (Å²) < 4.78 is 10.6. The standard InChI is InChI=1S/C21H30N4O3/c1-21(2,3)20-24-19(28-25-20)6-4-5-18(26)23-16-9-7-15(8-10-16)22-17-11-13-27-14-12-17/h7-10,17,22H,4-6,11-14H2,1-3H3,(H,23,26). The summed E-state index contributed by atoms with van der Waals surface area (Å²) in [7, 11) is 0. The van der Waals surface area contributed by atoms with Crippen molar-refractivity contribution in [2.75, 3.05) is 23.8 Å². The number of aromatic nitrogens is 2. The summed E-state index contributed by atoms with van der Waals surface area (Å²) in [6.45, 7) is 7.75. The van der Waals surface area contributed by atoms with Crippen LogP contribution in [0.5, 0.6) is 0 Å². The monoisotopic (exact) mass is 386 g/mol. The average Bonchev–Trinajstić information content (AvgIpc) is 3.14. The van der Waals surface area contributed by atoms with Crippen molar-refractivity contribution in [2.45, 2.75) is 64.3 Å². The number of carbonyl (C=O) groups excluding carboxylic acids is 1. The molecule has 152 valence electrons. The maximum atomic E-state index is 12.2. The Morgan fingerprint density at radius 2 is 1.82 bits per heavy atom. The summed E-state index contributed by atoms with van der Waals surface area (Å²) in [5.74, 6) is 1.27. The molecule has 7 heteroatoms. The van der Waals surface area contributed by atoms with Gasteiger partial charge in [-0.1, -0.05) is 25.9 Å². The van der Waals surface area contributed by atoms with E-state index < -0.39 is 0 Å². The molecule has 0 spiro atoms. The Morgan fingerprint density at radius 1 is 1.14 bits per heavy atom. The van der Waals surface area contributed by atoms with E-state index in [1.807, 2.05) is 45.0 Å². The lowest BCUT2D eigenvalue weighted by molar-refractivity contribution is -0.116. The van der Waals surface area contributed by atoms with Gasteiger partial charge >= 0.3 is 0 Å². The van der Waals surface area contributed by atoms with Crippen LogP contribution in [0.15, 0.2) is 28.8 Å². The Morgan fingerprint density at radius 3 is 2.46 bits per heavy atom. The van der Waals surface area contributed by atoms with Crippen molar-refractivity contribution in [3.63, 3.8) is 0 Å². The Bertz CT molecular complexity index is 759. The lowest BCUT2D eigenvalue weighted by Gasteiger charge is -2.24. The van der Waals surface area contributed by atoms with Gasteiger partial charge in [0.15, 0.2) is 5.82 Å². The molecule has 0 saturated carbocycles. The van der Waals surface area contributed by atoms with Crippen LogP contribution in [-0.2, 0) is 21.4 Å². The normalized spacial score (nSPS) is 15.4. The average molecular weight is 386 g/mol. The maximum Gasteiger partial charge on any atom is 0.226 e. The molecule has 0 bridgehead atoms. The van der Waals surface area contributed by atoms with Crippen molar-refractivity contribution in [1.82, 2.24) is 10.1 Å². The molecule has 0 radical (unpaired) electrons. The molecule has 0 atom stereocenters. The van der Waals surface area contributed by atoms with Crippen molar-refractivity contribution >= 4 is 17.3 Å². The van der Waals surface area contributed by atoms with Gasteiger partial charge in [0, 0.05) is 48.9 Å². The Balaban J connectivity index is 1.40. The van der Waals surface area contributed by atoms with E-state index in [0.29, 0.717) is 37.0 Å². The minimum absolute atomic E-state index is 0.0132. The van der Waals surface area contributed by atoms with Gasteiger partial charge in [0.2, 0.25) is 11.8 Å². The number of aryl methyl sites for hydroxylation is 1. The number of rotatable bonds is 7. The third-order valence-corrected chi connectivity index (χ3v) is 4.69. The van der Waals surface area contributed by atoms with Crippen LogP contribution in [0.2, 0.25) is 0 Å². The highest BCUT2D eigenvalue weighted by Gasteiger charge is 2.20. The van der Waals surface area contributed by atoms with Crippen LogP contribution in [0.1, 0.15) is 58.2 Å². The number of nitrogens with zero attached hydrogens (tertiary/aromatic N) is 2. The molecular formula is C21H30N4O3. The Kier molecular flexibility index (Phi) is 6.67. The molecule has 3 rings (SSSR count). The number of hydrogen-bond acceptors (Lipinski definition) is 6. The van der Waals surface area contributed by atoms with E-state index in [2.05, 4.69) is 20.8 Å². The molecule has 1 aromatic carbocycles. The smallest absolute Gasteiger partial charge is 0.226 e. The highest BCUT2D eigenvalue weighted by atomic mass is 16.5. The number of anilines is 2. The second kappa shape index (κ2) is 9.19. The van der Waals surface area contributed by atoms with Gasteiger partial charge in [-0.3, -0.25) is 4.79 Å². The highest BCUT2D eigenvalue weighted by molar-refractivity contribution is 5.90. The lowest BCUT2D eigenvalue weighted by atomic mass is 9.96. The fraction of sp³-hybridized carbons (Fsp3) is 0.571. The highest BCUT2D eigenvalue weighted by Crippen LogP contribution is 2.20. The summed E-state index contributed by atoms with van der Waals surface area (Å²) in [6.07, 6.45) is 3.73. The van der Waals surface area contributed by atoms with Gasteiger partial charge in [-0.15, -0.1) is 0 Å². The largest absolute Gasteiger partial charge is 0.382 e. The quantitative estimate of drug-likeness (QED) is 0.750. The van der Waals surface area contributed by atoms with E-state index in [0.717, 1.165) is 37.4 Å². The summed E-state index contributed by atoms with van der Waals surface area (Å²) in [5, 5.41) is 10.4. The zero-order valence-corrected chi connectivity index (χ0v) is 17.0. The SMILES string of the molecule is CC(C)(C)c1noc(CCCC(=O)Nc2ccc(NC3CCOCC3)cc2)n1. The fourth-order valence-corrected chi connectivity index (χ4v) is 3.01. The number of nitrogens with one attached hydrogen (secondary N) is 2. The molecule has 0 aliphatic carbocycles. The van der Waals surface area contributed by atoms with Gasteiger partial charge in [-0.2, -0.15) is 4.98 Å². The zero-order chi connectivity index (χ0) is 20.0. The topological polar surface area (TPSA) is 89.3 Å². The molecule has 1 fully saturated rings. The minimum Gasteiger partial charge on any atom is -0.382 e. The van der Waals surface area contributed by atoms with Crippen LogP contribution in [0.3, 0.4) is 0 Å². The van der Waals surface area contributed by atoms with Crippen LogP contribution in [0.4, 0.5) is 11.4 Å². The predicted molar refractivity (Wildman–Crippen MR) is 108 cm³/mol. The molecule has 1 aliphatic heterocycles. The first-order valence-corrected chi connectivity index (χ1v) is 9.97. The molecular weight excluding hydrogens is 356 g/mol. The first-order valence-electron chi connectivity index (χ1n) is 9.97. The number of amides is 1. The van der Waals surface area contributed by atoms with Crippen LogP contribution in [0, 0.1) is 0 Å². The van der Waals surface area contributed by atoms with Gasteiger partial charge in [0.25, 0.3) is 0 Å². The second-order valence-electron chi connectivity index (χ2n) is 8.27. The second-order valence-corrected chi connectivity index (χ2v) is 8.27. The molecule has 1 aliphatic rings. The van der Waals surface area contributed by atoms with E-state index in [1.165, 1.54) is 0 Å². The van der Waals surface area contributed by atoms with E-state index in [-0.39, 0.29) is 11.3 Å². The molecule has 2 N–H and O–H groups in total. The van der Waals surface area contributed by atoms with Gasteiger partial charge in [0.05, 0.1) is 0 Å². The van der Waals surface area contributed by atoms with Crippen molar-refractivity contribution in [2.24, 2.45) is 0 Å². The molecule has 28 heavy (non-hydrogen) atoms. The van der Waals surface area contributed by atoms with E-state index >= 15 is 0 Å². The molecule has 1 aromatic heterocycles. The minimum atomic E-state index is -0.134. The van der Waals surface area contributed by atoms with E-state index in [1.54, 1.807) is 0 Å². The van der Waals surface area contributed by atoms with Crippen molar-refractivity contribution in [3.8, 4) is 0 Å². The number of hydrogen-bond donors (Lipinski definition) is 2. The van der Waals surface area contributed by atoms with Crippen molar-refractivity contribution in [1.29, 1.82) is 0 Å². The molecule has 1 saturated heterocycles. The first-order chi connectivity index (χ1) is 13.4. The van der Waals surface area contributed by atoms with Crippen LogP contribution >= 0.6 is 0 Å². The van der Waals surface area contributed by atoms with E-state index in [9.17, 15) is 4.79 Å². The first kappa shape index (κ1) is 20.3. The lowest BCUT2D eigenvalue weighted by Crippen LogP contribution is -2.27. The number of carbonyl (C=O) groups is 1. The molecule has 1 amide bonds. The summed E-state index contributed by atoms with van der Waals surface area (Å²) in [5.41, 5.74) is 1.73. The Hall–Kier alpha value is -2.41. The van der Waals surface area contributed by atoms with Gasteiger partial charge < -0.3 is 19.9 Å². The van der Waals surface area contributed by atoms with Crippen LogP contribution in [0.25, 0.3) is 0 Å². The third kappa shape index (κ3) is 6.05. The molecule has 2 heterocycles. The van der Waals surface area contributed by atoms with Crippen LogP contribution in [-0.4, -0.2) is 35.3 Å². The zero-order valence-electron chi connectivity index (χ0n) is 17.0. The molecule has 7 nitrogen and oxygen atoms in total. The van der Waals surface area contributed by atoms with Crippen LogP contribution < -0.4 is 10.6 Å². The summed E-state index contributed by atoms with van der Waals surface area (Å²) in [6, 6.07) is 8.30. The fourth-order valence-electron chi connectivity index (χ4n) is 3.01. The number of ether oxygens (including phenoxy) is 1. The van der Waals surface area contributed by atoms with Gasteiger partial charge in [-0.25, -0.2) is 0 Å². The third-order valence-electron chi connectivity index (χ3n) is 4.69. The van der Waals surface area contributed by atoms with Crippen molar-refractivity contribution < 1.29 is 14.1 Å². The molecule has 0 unspecified atom stereocenters. The van der Waals surface area contributed by atoms with Gasteiger partial charge in [-0.05, 0) is 43.5 Å². The molecule has 2 aromatic rings. The van der Waals surface area contributed by atoms with E-state index in [4.69, 9.17) is 9.26 Å². The van der Waals surface area contributed by atoms with Crippen molar-refractivity contribution in [3.05, 3.63) is 36.0 Å².